The Morgan fingerprint density at radius 3 is 2.57 bits per heavy atom. The van der Waals surface area contributed by atoms with E-state index in [2.05, 4.69) is 15.4 Å². The van der Waals surface area contributed by atoms with Crippen LogP contribution in [-0.4, -0.2) is 31.7 Å². The summed E-state index contributed by atoms with van der Waals surface area (Å²) in [5.74, 6) is -1.37. The smallest absolute Gasteiger partial charge is 0.354 e. The van der Waals surface area contributed by atoms with Crippen molar-refractivity contribution >= 4 is 17.6 Å². The van der Waals surface area contributed by atoms with Crippen molar-refractivity contribution in [3.63, 3.8) is 0 Å². The Bertz CT molecular complexity index is 712. The lowest BCUT2D eigenvalue weighted by atomic mass is 10.1. The quantitative estimate of drug-likeness (QED) is 0.795. The van der Waals surface area contributed by atoms with Gasteiger partial charge in [-0.05, 0) is 26.8 Å². The third-order valence-electron chi connectivity index (χ3n) is 3.44. The molecule has 112 valence electrons. The molecule has 0 aliphatic rings. The lowest BCUT2D eigenvalue weighted by Gasteiger charge is -2.05. The summed E-state index contributed by atoms with van der Waals surface area (Å²) in [6.07, 6.45) is 0.162. The fourth-order valence-electron chi connectivity index (χ4n) is 2.28. The molecule has 21 heavy (non-hydrogen) atoms. The number of aryl methyl sites for hydroxylation is 3. The van der Waals surface area contributed by atoms with Crippen LogP contribution < -0.4 is 5.32 Å². The SMILES string of the molecule is Cc1cc(NC(=O)Cc2c(C)nn(C)c2C)c(C(=O)O)[nH]1. The molecule has 7 nitrogen and oxygen atoms in total. The largest absolute Gasteiger partial charge is 0.477 e. The van der Waals surface area contributed by atoms with Gasteiger partial charge in [-0.2, -0.15) is 5.10 Å². The van der Waals surface area contributed by atoms with Crippen molar-refractivity contribution in [3.05, 3.63) is 34.4 Å². The van der Waals surface area contributed by atoms with Gasteiger partial charge in [0.2, 0.25) is 5.91 Å². The van der Waals surface area contributed by atoms with E-state index in [-0.39, 0.29) is 23.7 Å². The molecule has 0 saturated carbocycles. The van der Waals surface area contributed by atoms with Crippen LogP contribution in [0.3, 0.4) is 0 Å². The zero-order valence-corrected chi connectivity index (χ0v) is 12.4. The van der Waals surface area contributed by atoms with Crippen LogP contribution in [0.5, 0.6) is 0 Å². The maximum Gasteiger partial charge on any atom is 0.354 e. The van der Waals surface area contributed by atoms with Crippen LogP contribution in [0.4, 0.5) is 5.69 Å². The summed E-state index contributed by atoms with van der Waals surface area (Å²) in [5.41, 5.74) is 3.53. The molecule has 0 aliphatic carbocycles. The van der Waals surface area contributed by atoms with Crippen molar-refractivity contribution < 1.29 is 14.7 Å². The van der Waals surface area contributed by atoms with Crippen LogP contribution in [-0.2, 0) is 18.3 Å². The van der Waals surface area contributed by atoms with Gasteiger partial charge in [-0.3, -0.25) is 9.48 Å². The number of carboxylic acids is 1. The van der Waals surface area contributed by atoms with E-state index in [1.165, 1.54) is 0 Å². The summed E-state index contributed by atoms with van der Waals surface area (Å²) in [6, 6.07) is 1.60. The zero-order valence-electron chi connectivity index (χ0n) is 12.4. The standard InChI is InChI=1S/C14H18N4O3/c1-7-5-11(13(15-7)14(20)21)16-12(19)6-10-8(2)17-18(4)9(10)3/h5,15H,6H2,1-4H3,(H,16,19)(H,20,21). The molecule has 2 aromatic rings. The summed E-state index contributed by atoms with van der Waals surface area (Å²) in [6.45, 7) is 5.47. The lowest BCUT2D eigenvalue weighted by Crippen LogP contribution is -2.17. The predicted molar refractivity (Wildman–Crippen MR) is 77.5 cm³/mol. The average Bonchev–Trinajstić information content (AvgIpc) is 2.85. The number of aromatic nitrogens is 3. The fraction of sp³-hybridized carbons (Fsp3) is 0.357. The van der Waals surface area contributed by atoms with Gasteiger partial charge in [0.25, 0.3) is 0 Å². The molecular formula is C14H18N4O3. The van der Waals surface area contributed by atoms with E-state index < -0.39 is 5.97 Å². The summed E-state index contributed by atoms with van der Waals surface area (Å²) in [7, 11) is 1.82. The van der Waals surface area contributed by atoms with Crippen molar-refractivity contribution in [2.24, 2.45) is 7.05 Å². The first-order chi connectivity index (χ1) is 9.79. The number of aromatic amines is 1. The third kappa shape index (κ3) is 2.96. The molecule has 0 bridgehead atoms. The first-order valence-corrected chi connectivity index (χ1v) is 6.51. The molecule has 3 N–H and O–H groups in total. The highest BCUT2D eigenvalue weighted by atomic mass is 16.4. The van der Waals surface area contributed by atoms with Crippen LogP contribution in [0.15, 0.2) is 6.07 Å². The summed E-state index contributed by atoms with van der Waals surface area (Å²) in [4.78, 5) is 25.9. The van der Waals surface area contributed by atoms with Crippen molar-refractivity contribution in [1.82, 2.24) is 14.8 Å². The Kier molecular flexibility index (Phi) is 3.84. The first kappa shape index (κ1) is 14.8. The topological polar surface area (TPSA) is 100 Å². The molecule has 2 aromatic heterocycles. The Hall–Kier alpha value is -2.57. The Balaban J connectivity index is 2.17. The van der Waals surface area contributed by atoms with Gasteiger partial charge in [0.1, 0.15) is 5.69 Å². The number of hydrogen-bond acceptors (Lipinski definition) is 3. The lowest BCUT2D eigenvalue weighted by molar-refractivity contribution is -0.115. The Morgan fingerprint density at radius 2 is 2.05 bits per heavy atom. The molecule has 1 amide bonds. The van der Waals surface area contributed by atoms with Crippen molar-refractivity contribution in [3.8, 4) is 0 Å². The molecule has 0 aliphatic heterocycles. The van der Waals surface area contributed by atoms with Crippen molar-refractivity contribution in [2.45, 2.75) is 27.2 Å². The van der Waals surface area contributed by atoms with Crippen LogP contribution in [0.1, 0.15) is 33.1 Å². The number of nitrogens with one attached hydrogen (secondary N) is 2. The zero-order chi connectivity index (χ0) is 15.7. The van der Waals surface area contributed by atoms with E-state index in [4.69, 9.17) is 5.11 Å². The number of carbonyl (C=O) groups is 2. The van der Waals surface area contributed by atoms with E-state index in [0.29, 0.717) is 5.69 Å². The van der Waals surface area contributed by atoms with Gasteiger partial charge in [0.05, 0.1) is 17.8 Å². The Morgan fingerprint density at radius 1 is 1.38 bits per heavy atom. The molecule has 0 saturated heterocycles. The second kappa shape index (κ2) is 5.43. The number of carbonyl (C=O) groups excluding carboxylic acids is 1. The molecule has 0 fully saturated rings. The number of rotatable bonds is 4. The van der Waals surface area contributed by atoms with Crippen molar-refractivity contribution in [1.29, 1.82) is 0 Å². The normalized spacial score (nSPS) is 10.7. The fourth-order valence-corrected chi connectivity index (χ4v) is 2.28. The minimum Gasteiger partial charge on any atom is -0.477 e. The number of hydrogen-bond donors (Lipinski definition) is 3. The highest BCUT2D eigenvalue weighted by Gasteiger charge is 2.18. The minimum atomic E-state index is -1.10. The van der Waals surface area contributed by atoms with E-state index in [1.807, 2.05) is 20.9 Å². The molecule has 0 spiro atoms. The van der Waals surface area contributed by atoms with Gasteiger partial charge >= 0.3 is 5.97 Å². The maximum absolute atomic E-state index is 12.1. The van der Waals surface area contributed by atoms with Gasteiger partial charge in [-0.25, -0.2) is 4.79 Å². The summed E-state index contributed by atoms with van der Waals surface area (Å²) in [5, 5.41) is 16.0. The highest BCUT2D eigenvalue weighted by Crippen LogP contribution is 2.18. The minimum absolute atomic E-state index is 0.0134. The molecular weight excluding hydrogens is 272 g/mol. The van der Waals surface area contributed by atoms with Gasteiger partial charge in [-0.1, -0.05) is 0 Å². The molecule has 0 aromatic carbocycles. The van der Waals surface area contributed by atoms with Crippen LogP contribution in [0, 0.1) is 20.8 Å². The van der Waals surface area contributed by atoms with Gasteiger partial charge in [0, 0.05) is 24.0 Å². The van der Waals surface area contributed by atoms with Crippen LogP contribution in [0.25, 0.3) is 0 Å². The van der Waals surface area contributed by atoms with E-state index in [1.54, 1.807) is 17.7 Å². The van der Waals surface area contributed by atoms with E-state index in [0.717, 1.165) is 17.0 Å². The van der Waals surface area contributed by atoms with Gasteiger partial charge < -0.3 is 15.4 Å². The first-order valence-electron chi connectivity index (χ1n) is 6.51. The molecule has 0 radical (unpaired) electrons. The number of amides is 1. The summed E-state index contributed by atoms with van der Waals surface area (Å²) >= 11 is 0. The number of aromatic carboxylic acids is 1. The summed E-state index contributed by atoms with van der Waals surface area (Å²) < 4.78 is 1.72. The van der Waals surface area contributed by atoms with E-state index >= 15 is 0 Å². The Labute approximate surface area is 122 Å². The molecule has 0 unspecified atom stereocenters. The number of carboxylic acid groups (broad SMARTS) is 1. The third-order valence-corrected chi connectivity index (χ3v) is 3.44. The van der Waals surface area contributed by atoms with E-state index in [9.17, 15) is 9.59 Å². The molecule has 0 atom stereocenters. The average molecular weight is 290 g/mol. The molecule has 2 rings (SSSR count). The molecule has 7 heteroatoms. The number of H-pyrrole nitrogens is 1. The number of nitrogens with zero attached hydrogens (tertiary/aromatic N) is 2. The van der Waals surface area contributed by atoms with Crippen molar-refractivity contribution in [2.75, 3.05) is 5.32 Å². The second-order valence-electron chi connectivity index (χ2n) is 5.04. The van der Waals surface area contributed by atoms with Gasteiger partial charge in [-0.15, -0.1) is 0 Å². The van der Waals surface area contributed by atoms with Crippen LogP contribution >= 0.6 is 0 Å². The second-order valence-corrected chi connectivity index (χ2v) is 5.04. The predicted octanol–water partition coefficient (Wildman–Crippen LogP) is 1.55. The number of anilines is 1. The molecule has 2 heterocycles. The highest BCUT2D eigenvalue weighted by molar-refractivity contribution is 6.00. The van der Waals surface area contributed by atoms with Gasteiger partial charge in [0.15, 0.2) is 0 Å². The van der Waals surface area contributed by atoms with Crippen LogP contribution in [0.2, 0.25) is 0 Å². The maximum atomic E-state index is 12.1. The monoisotopic (exact) mass is 290 g/mol.